The first-order chi connectivity index (χ1) is 8.19. The fraction of sp³-hybridized carbons (Fsp3) is 0.500. The van der Waals surface area contributed by atoms with E-state index in [1.807, 2.05) is 24.9 Å². The number of aryl methyl sites for hydroxylation is 1. The standard InChI is InChI=1S/C10H16N6O/c1-15(7-9-12-3-4-16(9)2)6-8-13-10(5-11)17-14-8/h3-4H,5-7,11H2,1-2H3. The van der Waals surface area contributed by atoms with Crippen molar-refractivity contribution in [1.82, 2.24) is 24.6 Å². The summed E-state index contributed by atoms with van der Waals surface area (Å²) in [5.41, 5.74) is 5.40. The molecule has 2 aromatic heterocycles. The minimum atomic E-state index is 0.274. The van der Waals surface area contributed by atoms with Gasteiger partial charge in [0, 0.05) is 19.4 Å². The van der Waals surface area contributed by atoms with Gasteiger partial charge in [-0.15, -0.1) is 0 Å². The summed E-state index contributed by atoms with van der Waals surface area (Å²) in [7, 11) is 3.95. The lowest BCUT2D eigenvalue weighted by Crippen LogP contribution is -2.20. The predicted molar refractivity (Wildman–Crippen MR) is 60.6 cm³/mol. The van der Waals surface area contributed by atoms with Crippen molar-refractivity contribution in [2.75, 3.05) is 7.05 Å². The molecule has 7 heteroatoms. The molecule has 0 aliphatic heterocycles. The molecule has 2 rings (SSSR count). The Labute approximate surface area is 99.2 Å². The zero-order valence-corrected chi connectivity index (χ0v) is 10.00. The highest BCUT2D eigenvalue weighted by Gasteiger charge is 2.09. The Morgan fingerprint density at radius 3 is 2.88 bits per heavy atom. The molecule has 0 radical (unpaired) electrons. The first-order valence-corrected chi connectivity index (χ1v) is 5.35. The largest absolute Gasteiger partial charge is 0.338 e. The molecule has 0 fully saturated rings. The Morgan fingerprint density at radius 1 is 1.47 bits per heavy atom. The van der Waals surface area contributed by atoms with Gasteiger partial charge in [0.15, 0.2) is 5.82 Å². The summed E-state index contributed by atoms with van der Waals surface area (Å²) in [6, 6.07) is 0. The molecule has 0 aromatic carbocycles. The van der Waals surface area contributed by atoms with Crippen LogP contribution < -0.4 is 5.73 Å². The Bertz CT molecular complexity index is 477. The molecule has 0 unspecified atom stereocenters. The number of hydrogen-bond acceptors (Lipinski definition) is 6. The molecule has 0 saturated carbocycles. The highest BCUT2D eigenvalue weighted by molar-refractivity contribution is 4.92. The highest BCUT2D eigenvalue weighted by Crippen LogP contribution is 2.04. The Balaban J connectivity index is 1.93. The summed E-state index contributed by atoms with van der Waals surface area (Å²) in [4.78, 5) is 10.5. The average Bonchev–Trinajstić information content (AvgIpc) is 2.89. The number of rotatable bonds is 5. The van der Waals surface area contributed by atoms with Crippen LogP contribution in [-0.4, -0.2) is 31.6 Å². The van der Waals surface area contributed by atoms with E-state index in [4.69, 9.17) is 10.3 Å². The Morgan fingerprint density at radius 2 is 2.29 bits per heavy atom. The van der Waals surface area contributed by atoms with Crippen molar-refractivity contribution < 1.29 is 4.52 Å². The molecule has 0 spiro atoms. The molecule has 2 heterocycles. The van der Waals surface area contributed by atoms with E-state index in [0.717, 1.165) is 12.4 Å². The fourth-order valence-corrected chi connectivity index (χ4v) is 1.52. The Hall–Kier alpha value is -1.73. The third-order valence-corrected chi connectivity index (χ3v) is 2.43. The first-order valence-electron chi connectivity index (χ1n) is 5.35. The van der Waals surface area contributed by atoms with Crippen LogP contribution in [0.25, 0.3) is 0 Å². The Kier molecular flexibility index (Phi) is 3.50. The number of hydrogen-bond donors (Lipinski definition) is 1. The lowest BCUT2D eigenvalue weighted by atomic mass is 10.4. The molecular weight excluding hydrogens is 220 g/mol. The summed E-state index contributed by atoms with van der Waals surface area (Å²) < 4.78 is 6.92. The lowest BCUT2D eigenvalue weighted by molar-refractivity contribution is 0.290. The molecule has 0 amide bonds. The van der Waals surface area contributed by atoms with Crippen LogP contribution >= 0.6 is 0 Å². The third-order valence-electron chi connectivity index (χ3n) is 2.43. The van der Waals surface area contributed by atoms with E-state index in [1.54, 1.807) is 6.20 Å². The lowest BCUT2D eigenvalue weighted by Gasteiger charge is -2.13. The normalized spacial score (nSPS) is 11.3. The van der Waals surface area contributed by atoms with Crippen LogP contribution in [0, 0.1) is 0 Å². The molecule has 0 atom stereocenters. The maximum absolute atomic E-state index is 5.40. The van der Waals surface area contributed by atoms with Gasteiger partial charge in [-0.1, -0.05) is 5.16 Å². The molecule has 92 valence electrons. The molecule has 2 N–H and O–H groups in total. The van der Waals surface area contributed by atoms with E-state index in [1.165, 1.54) is 0 Å². The van der Waals surface area contributed by atoms with Crippen molar-refractivity contribution in [3.05, 3.63) is 29.9 Å². The first kappa shape index (κ1) is 11.7. The number of nitrogens with zero attached hydrogens (tertiary/aromatic N) is 5. The van der Waals surface area contributed by atoms with Gasteiger partial charge < -0.3 is 14.8 Å². The van der Waals surface area contributed by atoms with E-state index in [0.29, 0.717) is 18.3 Å². The van der Waals surface area contributed by atoms with E-state index < -0.39 is 0 Å². The van der Waals surface area contributed by atoms with E-state index >= 15 is 0 Å². The van der Waals surface area contributed by atoms with E-state index in [9.17, 15) is 0 Å². The van der Waals surface area contributed by atoms with Crippen LogP contribution in [-0.2, 0) is 26.7 Å². The van der Waals surface area contributed by atoms with Gasteiger partial charge in [0.25, 0.3) is 0 Å². The maximum Gasteiger partial charge on any atom is 0.240 e. The van der Waals surface area contributed by atoms with Gasteiger partial charge in [0.2, 0.25) is 5.89 Å². The minimum Gasteiger partial charge on any atom is -0.338 e. The zero-order chi connectivity index (χ0) is 12.3. The van der Waals surface area contributed by atoms with Crippen LogP contribution in [0.5, 0.6) is 0 Å². The second kappa shape index (κ2) is 5.07. The molecule has 0 aliphatic carbocycles. The maximum atomic E-state index is 5.40. The van der Waals surface area contributed by atoms with Gasteiger partial charge in [-0.3, -0.25) is 4.90 Å². The predicted octanol–water partition coefficient (Wildman–Crippen LogP) is -0.106. The smallest absolute Gasteiger partial charge is 0.240 e. The summed E-state index contributed by atoms with van der Waals surface area (Å²) >= 11 is 0. The summed E-state index contributed by atoms with van der Waals surface area (Å²) in [6.45, 7) is 1.61. The average molecular weight is 236 g/mol. The van der Waals surface area contributed by atoms with Gasteiger partial charge in [-0.2, -0.15) is 4.98 Å². The number of imidazole rings is 1. The van der Waals surface area contributed by atoms with Gasteiger partial charge in [-0.05, 0) is 7.05 Å². The van der Waals surface area contributed by atoms with Gasteiger partial charge in [0.1, 0.15) is 5.82 Å². The molecule has 17 heavy (non-hydrogen) atoms. The second-order valence-corrected chi connectivity index (χ2v) is 3.94. The van der Waals surface area contributed by atoms with Crippen molar-refractivity contribution in [3.63, 3.8) is 0 Å². The van der Waals surface area contributed by atoms with Crippen LogP contribution in [0.2, 0.25) is 0 Å². The van der Waals surface area contributed by atoms with Crippen LogP contribution in [0.1, 0.15) is 17.5 Å². The fourth-order valence-electron chi connectivity index (χ4n) is 1.52. The van der Waals surface area contributed by atoms with Gasteiger partial charge in [-0.25, -0.2) is 4.98 Å². The summed E-state index contributed by atoms with van der Waals surface area (Å²) in [5.74, 6) is 2.10. The van der Waals surface area contributed by atoms with Crippen LogP contribution in [0.4, 0.5) is 0 Å². The molecule has 0 saturated heterocycles. The van der Waals surface area contributed by atoms with E-state index in [2.05, 4.69) is 20.0 Å². The van der Waals surface area contributed by atoms with Crippen molar-refractivity contribution in [1.29, 1.82) is 0 Å². The number of nitrogens with two attached hydrogens (primary N) is 1. The summed E-state index contributed by atoms with van der Waals surface area (Å²) in [6.07, 6.45) is 3.70. The van der Waals surface area contributed by atoms with Gasteiger partial charge >= 0.3 is 0 Å². The monoisotopic (exact) mass is 236 g/mol. The third kappa shape index (κ3) is 2.89. The van der Waals surface area contributed by atoms with Crippen LogP contribution in [0.3, 0.4) is 0 Å². The highest BCUT2D eigenvalue weighted by atomic mass is 16.5. The topological polar surface area (TPSA) is 86.0 Å². The molecule has 2 aromatic rings. The molecule has 7 nitrogen and oxygen atoms in total. The SMILES string of the molecule is CN(Cc1noc(CN)n1)Cc1nccn1C. The second-order valence-electron chi connectivity index (χ2n) is 3.94. The quantitative estimate of drug-likeness (QED) is 0.779. The zero-order valence-electron chi connectivity index (χ0n) is 10.00. The molecular formula is C10H16N6O. The van der Waals surface area contributed by atoms with Crippen molar-refractivity contribution in [2.24, 2.45) is 12.8 Å². The minimum absolute atomic E-state index is 0.274. The van der Waals surface area contributed by atoms with Crippen molar-refractivity contribution in [3.8, 4) is 0 Å². The number of aromatic nitrogens is 4. The molecule has 0 bridgehead atoms. The van der Waals surface area contributed by atoms with E-state index in [-0.39, 0.29) is 6.54 Å². The molecule has 0 aliphatic rings. The summed E-state index contributed by atoms with van der Waals surface area (Å²) in [5, 5.41) is 3.84. The van der Waals surface area contributed by atoms with Gasteiger partial charge in [0.05, 0.1) is 19.6 Å². The van der Waals surface area contributed by atoms with Crippen LogP contribution in [0.15, 0.2) is 16.9 Å². The van der Waals surface area contributed by atoms with Crippen molar-refractivity contribution >= 4 is 0 Å². The van der Waals surface area contributed by atoms with Crippen molar-refractivity contribution in [2.45, 2.75) is 19.6 Å².